The van der Waals surface area contributed by atoms with E-state index in [0.717, 1.165) is 16.5 Å². The van der Waals surface area contributed by atoms with Crippen LogP contribution in [0.5, 0.6) is 0 Å². The number of carbonyl (C=O) groups excluding carboxylic acids is 3. The zero-order valence-electron chi connectivity index (χ0n) is 20.1. The van der Waals surface area contributed by atoms with Crippen LogP contribution in [0.25, 0.3) is 10.9 Å². The first-order valence-corrected chi connectivity index (χ1v) is 12.7. The summed E-state index contributed by atoms with van der Waals surface area (Å²) in [5.74, 6) is -3.16. The molecule has 0 radical (unpaired) electrons. The van der Waals surface area contributed by atoms with Crippen LogP contribution >= 0.6 is 11.8 Å². The molecule has 0 bridgehead atoms. The van der Waals surface area contributed by atoms with E-state index < -0.39 is 60.6 Å². The van der Waals surface area contributed by atoms with Crippen LogP contribution < -0.4 is 21.7 Å². The molecule has 3 amide bonds. The van der Waals surface area contributed by atoms with Gasteiger partial charge >= 0.3 is 5.97 Å². The molecule has 0 spiro atoms. The zero-order chi connectivity index (χ0) is 26.8. The SMILES string of the molecule is CSCCC(N)C(=O)NC(Cc1c[nH]c2ccccc12)C(=O)NC(CO)C(=O)NC(C(=O)O)C(C)O. The number of hydrogen-bond acceptors (Lipinski definition) is 8. The lowest BCUT2D eigenvalue weighted by Gasteiger charge is -2.25. The van der Waals surface area contributed by atoms with Crippen LogP contribution in [0, 0.1) is 0 Å². The number of aromatic amines is 1. The van der Waals surface area contributed by atoms with E-state index in [-0.39, 0.29) is 6.42 Å². The number of carboxylic acids is 1. The van der Waals surface area contributed by atoms with Crippen molar-refractivity contribution in [3.05, 3.63) is 36.0 Å². The molecule has 0 fully saturated rings. The molecule has 1 aromatic carbocycles. The molecule has 12 nitrogen and oxygen atoms in total. The van der Waals surface area contributed by atoms with Gasteiger partial charge in [0.05, 0.1) is 18.8 Å². The second-order valence-electron chi connectivity index (χ2n) is 8.32. The van der Waals surface area contributed by atoms with Gasteiger partial charge in [-0.25, -0.2) is 4.79 Å². The molecule has 0 saturated carbocycles. The largest absolute Gasteiger partial charge is 0.480 e. The number of carboxylic acid groups (broad SMARTS) is 1. The lowest BCUT2D eigenvalue weighted by atomic mass is 10.0. The van der Waals surface area contributed by atoms with E-state index in [1.165, 1.54) is 18.7 Å². The molecule has 2 aromatic rings. The summed E-state index contributed by atoms with van der Waals surface area (Å²) in [6, 6.07) is 2.23. The van der Waals surface area contributed by atoms with Crippen molar-refractivity contribution in [1.82, 2.24) is 20.9 Å². The number of rotatable bonds is 14. The monoisotopic (exact) mass is 523 g/mol. The molecule has 36 heavy (non-hydrogen) atoms. The number of para-hydroxylation sites is 1. The Labute approximate surface area is 212 Å². The maximum atomic E-state index is 13.2. The Morgan fingerprint density at radius 3 is 2.31 bits per heavy atom. The summed E-state index contributed by atoms with van der Waals surface area (Å²) in [6.07, 6.45) is 2.62. The molecule has 0 aliphatic heterocycles. The maximum absolute atomic E-state index is 13.2. The normalized spacial score (nSPS) is 15.4. The van der Waals surface area contributed by atoms with Crippen molar-refractivity contribution in [1.29, 1.82) is 0 Å². The first-order chi connectivity index (χ1) is 17.1. The second-order valence-corrected chi connectivity index (χ2v) is 9.31. The topological polar surface area (TPSA) is 207 Å². The van der Waals surface area contributed by atoms with Crippen LogP contribution in [-0.2, 0) is 25.6 Å². The number of nitrogens with two attached hydrogens (primary N) is 1. The molecule has 0 saturated heterocycles. The Morgan fingerprint density at radius 2 is 1.69 bits per heavy atom. The van der Waals surface area contributed by atoms with Crippen LogP contribution in [0.2, 0.25) is 0 Å². The smallest absolute Gasteiger partial charge is 0.328 e. The van der Waals surface area contributed by atoms with E-state index in [0.29, 0.717) is 12.2 Å². The number of thioether (sulfide) groups is 1. The predicted molar refractivity (Wildman–Crippen MR) is 135 cm³/mol. The van der Waals surface area contributed by atoms with Gasteiger partial charge in [-0.3, -0.25) is 14.4 Å². The maximum Gasteiger partial charge on any atom is 0.328 e. The third kappa shape index (κ3) is 7.95. The van der Waals surface area contributed by atoms with E-state index in [4.69, 9.17) is 5.73 Å². The Hall–Kier alpha value is -3.13. The molecule has 0 aliphatic rings. The number of nitrogens with one attached hydrogen (secondary N) is 4. The number of aliphatic hydroxyl groups is 2. The molecular formula is C23H33N5O7S. The van der Waals surface area contributed by atoms with Gasteiger partial charge in [0, 0.05) is 23.5 Å². The van der Waals surface area contributed by atoms with Crippen molar-refractivity contribution >= 4 is 46.4 Å². The van der Waals surface area contributed by atoms with Gasteiger partial charge in [-0.1, -0.05) is 18.2 Å². The van der Waals surface area contributed by atoms with Crippen molar-refractivity contribution < 1.29 is 34.5 Å². The Bertz CT molecular complexity index is 1060. The van der Waals surface area contributed by atoms with Gasteiger partial charge in [0.15, 0.2) is 6.04 Å². The summed E-state index contributed by atoms with van der Waals surface area (Å²) >= 11 is 1.53. The van der Waals surface area contributed by atoms with Crippen molar-refractivity contribution in [2.45, 2.75) is 50.0 Å². The van der Waals surface area contributed by atoms with Gasteiger partial charge in [0.1, 0.15) is 12.1 Å². The van der Waals surface area contributed by atoms with Crippen LogP contribution in [-0.4, -0.2) is 92.9 Å². The van der Waals surface area contributed by atoms with Crippen molar-refractivity contribution in [3.8, 4) is 0 Å². The molecule has 1 heterocycles. The average Bonchev–Trinajstić information content (AvgIpc) is 3.25. The molecule has 1 aromatic heterocycles. The number of benzene rings is 1. The number of hydrogen-bond donors (Lipinski definition) is 8. The molecule has 198 valence electrons. The number of aliphatic hydroxyl groups excluding tert-OH is 2. The number of carbonyl (C=O) groups is 4. The van der Waals surface area contributed by atoms with Gasteiger partial charge in [-0.05, 0) is 37.0 Å². The lowest BCUT2D eigenvalue weighted by molar-refractivity contribution is -0.145. The number of amides is 3. The standard InChI is InChI=1S/C23H33N5O7S/c1-12(30)19(23(34)35)28-22(33)18(11-29)27-21(32)17(26-20(31)15(24)7-8-36-2)9-13-10-25-16-6-4-3-5-14(13)16/h3-6,10,12,15,17-19,25,29-30H,7-9,11,24H2,1-2H3,(H,26,31)(H,27,32)(H,28,33)(H,34,35). The van der Waals surface area contributed by atoms with Gasteiger partial charge in [0.25, 0.3) is 0 Å². The van der Waals surface area contributed by atoms with E-state index in [9.17, 15) is 34.5 Å². The Morgan fingerprint density at radius 1 is 1.06 bits per heavy atom. The number of H-pyrrole nitrogens is 1. The minimum absolute atomic E-state index is 0.0576. The van der Waals surface area contributed by atoms with E-state index in [2.05, 4.69) is 20.9 Å². The molecule has 5 unspecified atom stereocenters. The summed E-state index contributed by atoms with van der Waals surface area (Å²) in [4.78, 5) is 52.7. The highest BCUT2D eigenvalue weighted by molar-refractivity contribution is 7.98. The van der Waals surface area contributed by atoms with E-state index >= 15 is 0 Å². The Kier molecular flexibility index (Phi) is 11.2. The van der Waals surface area contributed by atoms with E-state index in [1.807, 2.05) is 30.5 Å². The molecule has 9 N–H and O–H groups in total. The summed E-state index contributed by atoms with van der Waals surface area (Å²) in [5, 5.41) is 36.4. The highest BCUT2D eigenvalue weighted by atomic mass is 32.2. The molecular weight excluding hydrogens is 490 g/mol. The summed E-state index contributed by atoms with van der Waals surface area (Å²) < 4.78 is 0. The average molecular weight is 524 g/mol. The fourth-order valence-electron chi connectivity index (χ4n) is 3.49. The van der Waals surface area contributed by atoms with Crippen molar-refractivity contribution in [2.24, 2.45) is 5.73 Å². The van der Waals surface area contributed by atoms with Crippen molar-refractivity contribution in [3.63, 3.8) is 0 Å². The summed E-state index contributed by atoms with van der Waals surface area (Å²) in [6.45, 7) is 0.337. The zero-order valence-corrected chi connectivity index (χ0v) is 20.9. The molecule has 2 rings (SSSR count). The first kappa shape index (κ1) is 29.1. The quantitative estimate of drug-likeness (QED) is 0.148. The first-order valence-electron chi connectivity index (χ1n) is 11.3. The number of aliphatic carboxylic acids is 1. The number of fused-ring (bicyclic) bond motifs is 1. The predicted octanol–water partition coefficient (Wildman–Crippen LogP) is -1.30. The third-order valence-corrected chi connectivity index (χ3v) is 6.21. The second kappa shape index (κ2) is 13.8. The fraction of sp³-hybridized carbons (Fsp3) is 0.478. The third-order valence-electron chi connectivity index (χ3n) is 5.56. The molecule has 13 heteroatoms. The van der Waals surface area contributed by atoms with Crippen molar-refractivity contribution in [2.75, 3.05) is 18.6 Å². The Balaban J connectivity index is 2.22. The minimum atomic E-state index is -1.64. The van der Waals surface area contributed by atoms with Gasteiger partial charge < -0.3 is 42.0 Å². The summed E-state index contributed by atoms with van der Waals surface area (Å²) in [7, 11) is 0. The number of aromatic nitrogens is 1. The highest BCUT2D eigenvalue weighted by Crippen LogP contribution is 2.19. The van der Waals surface area contributed by atoms with Crippen LogP contribution in [0.1, 0.15) is 18.9 Å². The van der Waals surface area contributed by atoms with Gasteiger partial charge in [-0.2, -0.15) is 11.8 Å². The summed E-state index contributed by atoms with van der Waals surface area (Å²) in [5.41, 5.74) is 7.52. The highest BCUT2D eigenvalue weighted by Gasteiger charge is 2.32. The molecule has 0 aliphatic carbocycles. The van der Waals surface area contributed by atoms with Gasteiger partial charge in [-0.15, -0.1) is 0 Å². The van der Waals surface area contributed by atoms with Gasteiger partial charge in [0.2, 0.25) is 17.7 Å². The van der Waals surface area contributed by atoms with E-state index in [1.54, 1.807) is 6.20 Å². The van der Waals surface area contributed by atoms with Crippen LogP contribution in [0.4, 0.5) is 0 Å². The van der Waals surface area contributed by atoms with Crippen LogP contribution in [0.3, 0.4) is 0 Å². The van der Waals surface area contributed by atoms with Crippen LogP contribution in [0.15, 0.2) is 30.5 Å². The molecule has 5 atom stereocenters. The fourth-order valence-corrected chi connectivity index (χ4v) is 3.98. The minimum Gasteiger partial charge on any atom is -0.480 e. The lowest BCUT2D eigenvalue weighted by Crippen LogP contribution is -2.59.